The Morgan fingerprint density at radius 3 is 2.71 bits per heavy atom. The maximum Gasteiger partial charge on any atom is 0.243 e. The number of furan rings is 1. The van der Waals surface area contributed by atoms with Crippen molar-refractivity contribution < 1.29 is 9.21 Å². The van der Waals surface area contributed by atoms with Crippen LogP contribution in [0.2, 0.25) is 0 Å². The zero-order valence-electron chi connectivity index (χ0n) is 13.3. The van der Waals surface area contributed by atoms with Crippen LogP contribution in [0.3, 0.4) is 0 Å². The van der Waals surface area contributed by atoms with Gasteiger partial charge in [-0.25, -0.2) is 5.43 Å². The van der Waals surface area contributed by atoms with Crippen molar-refractivity contribution >= 4 is 28.1 Å². The third kappa shape index (κ3) is 4.79. The number of hydrazone groups is 1. The van der Waals surface area contributed by atoms with Gasteiger partial charge in [-0.3, -0.25) is 9.69 Å². The fourth-order valence-electron chi connectivity index (χ4n) is 2.82. The average molecular weight is 390 g/mol. The molecule has 1 N–H and O–H groups in total. The molecule has 24 heavy (non-hydrogen) atoms. The number of piperidine rings is 1. The molecule has 5 nitrogen and oxygen atoms in total. The first-order chi connectivity index (χ1) is 11.7. The van der Waals surface area contributed by atoms with Crippen LogP contribution in [0.1, 0.15) is 24.2 Å². The zero-order chi connectivity index (χ0) is 16.8. The molecule has 2 heterocycles. The highest BCUT2D eigenvalue weighted by atomic mass is 79.9. The summed E-state index contributed by atoms with van der Waals surface area (Å²) in [5, 5.41) is 3.95. The molecule has 126 valence electrons. The lowest BCUT2D eigenvalue weighted by Gasteiger charge is -2.30. The van der Waals surface area contributed by atoms with Crippen molar-refractivity contribution in [1.82, 2.24) is 10.3 Å². The topological polar surface area (TPSA) is 57.8 Å². The fourth-order valence-corrected chi connectivity index (χ4v) is 3.08. The van der Waals surface area contributed by atoms with Crippen molar-refractivity contribution in [3.05, 3.63) is 58.5 Å². The summed E-state index contributed by atoms with van der Waals surface area (Å²) >= 11 is 3.45. The predicted octanol–water partition coefficient (Wildman–Crippen LogP) is 3.40. The van der Waals surface area contributed by atoms with E-state index in [1.54, 1.807) is 18.4 Å². The summed E-state index contributed by atoms with van der Waals surface area (Å²) in [6.45, 7) is 2.78. The lowest BCUT2D eigenvalue weighted by Crippen LogP contribution is -2.39. The van der Waals surface area contributed by atoms with Crippen LogP contribution in [-0.4, -0.2) is 30.1 Å². The zero-order valence-corrected chi connectivity index (χ0v) is 14.9. The number of nitrogens with zero attached hydrogens (tertiary/aromatic N) is 2. The average Bonchev–Trinajstić information content (AvgIpc) is 3.11. The Labute approximate surface area is 149 Å². The fraction of sp³-hybridized carbons (Fsp3) is 0.333. The molecule has 2 aromatic rings. The summed E-state index contributed by atoms with van der Waals surface area (Å²) in [4.78, 5) is 14.5. The van der Waals surface area contributed by atoms with E-state index in [4.69, 9.17) is 4.42 Å². The molecule has 0 spiro atoms. The Kier molecular flexibility index (Phi) is 5.82. The van der Waals surface area contributed by atoms with Crippen molar-refractivity contribution in [2.75, 3.05) is 13.1 Å². The molecular formula is C18H20BrN3O2. The molecule has 0 saturated carbocycles. The molecule has 0 bridgehead atoms. The molecule has 1 aromatic heterocycles. The molecule has 0 radical (unpaired) electrons. The van der Waals surface area contributed by atoms with Gasteiger partial charge in [-0.15, -0.1) is 0 Å². The number of halogens is 1. The van der Waals surface area contributed by atoms with Gasteiger partial charge in [0.1, 0.15) is 5.76 Å². The molecule has 6 heteroatoms. The van der Waals surface area contributed by atoms with E-state index in [0.717, 1.165) is 36.9 Å². The molecule has 1 aliphatic rings. The van der Waals surface area contributed by atoms with Gasteiger partial charge in [-0.1, -0.05) is 28.1 Å². The number of carbonyl (C=O) groups is 1. The van der Waals surface area contributed by atoms with Crippen molar-refractivity contribution in [3.8, 4) is 0 Å². The Bertz CT molecular complexity index is 675. The molecule has 1 amide bonds. The van der Waals surface area contributed by atoms with Crippen LogP contribution in [-0.2, 0) is 11.3 Å². The Balaban J connectivity index is 1.42. The van der Waals surface area contributed by atoms with E-state index >= 15 is 0 Å². The summed E-state index contributed by atoms with van der Waals surface area (Å²) in [5.41, 5.74) is 3.90. The van der Waals surface area contributed by atoms with Gasteiger partial charge in [0, 0.05) is 16.9 Å². The number of rotatable bonds is 5. The van der Waals surface area contributed by atoms with Crippen molar-refractivity contribution in [1.29, 1.82) is 0 Å². The largest absolute Gasteiger partial charge is 0.463 e. The molecule has 0 unspecified atom stereocenters. The standard InChI is InChI=1S/C18H20BrN3O2/c19-16-5-3-14(4-6-16)13-22-9-7-15(8-10-22)18(23)21-20-12-17-2-1-11-24-17/h1-6,11-12,15H,7-10,13H2,(H,21,23)/b20-12+. The Morgan fingerprint density at radius 1 is 1.29 bits per heavy atom. The van der Waals surface area contributed by atoms with Gasteiger partial charge < -0.3 is 4.42 Å². The van der Waals surface area contributed by atoms with Gasteiger partial charge in [0.15, 0.2) is 0 Å². The molecule has 1 aromatic carbocycles. The second-order valence-electron chi connectivity index (χ2n) is 5.93. The maximum atomic E-state index is 12.1. The van der Waals surface area contributed by atoms with Crippen molar-refractivity contribution in [3.63, 3.8) is 0 Å². The monoisotopic (exact) mass is 389 g/mol. The van der Waals surface area contributed by atoms with Crippen LogP contribution >= 0.6 is 15.9 Å². The molecule has 0 atom stereocenters. The molecule has 1 aliphatic heterocycles. The van der Waals surface area contributed by atoms with Crippen LogP contribution in [0.25, 0.3) is 0 Å². The van der Waals surface area contributed by atoms with E-state index in [-0.39, 0.29) is 11.8 Å². The summed E-state index contributed by atoms with van der Waals surface area (Å²) in [5.74, 6) is 0.639. The number of benzene rings is 1. The van der Waals surface area contributed by atoms with E-state index in [9.17, 15) is 4.79 Å². The quantitative estimate of drug-likeness (QED) is 0.629. The van der Waals surface area contributed by atoms with E-state index < -0.39 is 0 Å². The third-order valence-corrected chi connectivity index (χ3v) is 4.72. The Hall–Kier alpha value is -1.92. The van der Waals surface area contributed by atoms with Gasteiger partial charge in [0.05, 0.1) is 12.5 Å². The van der Waals surface area contributed by atoms with Gasteiger partial charge in [-0.2, -0.15) is 5.10 Å². The first kappa shape index (κ1) is 16.9. The van der Waals surface area contributed by atoms with Crippen LogP contribution < -0.4 is 5.43 Å². The first-order valence-corrected chi connectivity index (χ1v) is 8.83. The van der Waals surface area contributed by atoms with Gasteiger partial charge in [0.2, 0.25) is 5.91 Å². The number of amides is 1. The van der Waals surface area contributed by atoms with E-state index in [2.05, 4.69) is 55.6 Å². The van der Waals surface area contributed by atoms with Gasteiger partial charge >= 0.3 is 0 Å². The number of hydrogen-bond acceptors (Lipinski definition) is 4. The summed E-state index contributed by atoms with van der Waals surface area (Å²) in [6, 6.07) is 12.0. The minimum atomic E-state index is -0.0129. The maximum absolute atomic E-state index is 12.1. The summed E-state index contributed by atoms with van der Waals surface area (Å²) in [7, 11) is 0. The number of likely N-dealkylation sites (tertiary alicyclic amines) is 1. The highest BCUT2D eigenvalue weighted by Crippen LogP contribution is 2.20. The number of hydrogen-bond donors (Lipinski definition) is 1. The number of carbonyl (C=O) groups excluding carboxylic acids is 1. The van der Waals surface area contributed by atoms with Crippen LogP contribution in [0.5, 0.6) is 0 Å². The molecule has 3 rings (SSSR count). The van der Waals surface area contributed by atoms with E-state index in [1.165, 1.54) is 11.8 Å². The smallest absolute Gasteiger partial charge is 0.243 e. The molecule has 1 saturated heterocycles. The highest BCUT2D eigenvalue weighted by Gasteiger charge is 2.24. The van der Waals surface area contributed by atoms with Crippen molar-refractivity contribution in [2.24, 2.45) is 11.0 Å². The normalized spacial score (nSPS) is 16.5. The van der Waals surface area contributed by atoms with Crippen LogP contribution in [0.15, 0.2) is 56.7 Å². The molecule has 1 fully saturated rings. The lowest BCUT2D eigenvalue weighted by atomic mass is 9.96. The first-order valence-electron chi connectivity index (χ1n) is 8.04. The molecule has 0 aliphatic carbocycles. The van der Waals surface area contributed by atoms with Crippen LogP contribution in [0.4, 0.5) is 0 Å². The Morgan fingerprint density at radius 2 is 2.04 bits per heavy atom. The van der Waals surface area contributed by atoms with Gasteiger partial charge in [0.25, 0.3) is 0 Å². The summed E-state index contributed by atoms with van der Waals surface area (Å²) in [6.07, 6.45) is 4.81. The lowest BCUT2D eigenvalue weighted by molar-refractivity contribution is -0.126. The predicted molar refractivity (Wildman–Crippen MR) is 96.6 cm³/mol. The second-order valence-corrected chi connectivity index (χ2v) is 6.84. The summed E-state index contributed by atoms with van der Waals surface area (Å²) < 4.78 is 6.22. The minimum absolute atomic E-state index is 0.0129. The van der Waals surface area contributed by atoms with E-state index in [1.807, 2.05) is 0 Å². The van der Waals surface area contributed by atoms with Crippen LogP contribution in [0, 0.1) is 5.92 Å². The number of nitrogens with one attached hydrogen (secondary N) is 1. The minimum Gasteiger partial charge on any atom is -0.463 e. The van der Waals surface area contributed by atoms with Crippen molar-refractivity contribution in [2.45, 2.75) is 19.4 Å². The van der Waals surface area contributed by atoms with Gasteiger partial charge in [-0.05, 0) is 55.8 Å². The second kappa shape index (κ2) is 8.26. The molecular weight excluding hydrogens is 370 g/mol. The SMILES string of the molecule is O=C(N/N=C/c1ccco1)C1CCN(Cc2ccc(Br)cc2)CC1. The highest BCUT2D eigenvalue weighted by molar-refractivity contribution is 9.10. The third-order valence-electron chi connectivity index (χ3n) is 4.19. The van der Waals surface area contributed by atoms with E-state index in [0.29, 0.717) is 5.76 Å².